The summed E-state index contributed by atoms with van der Waals surface area (Å²) in [6, 6.07) is 12.0. The second-order valence-electron chi connectivity index (χ2n) is 4.96. The van der Waals surface area contributed by atoms with Crippen molar-refractivity contribution in [3.63, 3.8) is 0 Å². The van der Waals surface area contributed by atoms with Crippen LogP contribution in [0.4, 0.5) is 0 Å². The normalized spacial score (nSPS) is 12.8. The fourth-order valence-corrected chi connectivity index (χ4v) is 2.99. The molecule has 0 spiro atoms. The Morgan fingerprint density at radius 2 is 2.00 bits per heavy atom. The van der Waals surface area contributed by atoms with Crippen LogP contribution in [0.15, 0.2) is 40.9 Å². The Balaban J connectivity index is 2.36. The van der Waals surface area contributed by atoms with Crippen LogP contribution in [0, 0.1) is 6.92 Å². The standard InChI is InChI=1S/C16H13BrCl2N2/c1-9-8-11(6-7-12(9)17)21-14-5-3-4-13(19)15(14)20-16(21)10(2)18/h3-8,10H,1-2H3. The van der Waals surface area contributed by atoms with Gasteiger partial charge in [0.05, 0.1) is 15.9 Å². The quantitative estimate of drug-likeness (QED) is 0.492. The molecule has 0 bridgehead atoms. The van der Waals surface area contributed by atoms with E-state index in [4.69, 9.17) is 23.2 Å². The molecule has 3 rings (SSSR count). The van der Waals surface area contributed by atoms with Crippen molar-refractivity contribution in [1.82, 2.24) is 9.55 Å². The van der Waals surface area contributed by atoms with Crippen LogP contribution in [0.2, 0.25) is 5.02 Å². The molecule has 0 radical (unpaired) electrons. The summed E-state index contributed by atoms with van der Waals surface area (Å²) in [6.45, 7) is 3.97. The molecule has 2 nitrogen and oxygen atoms in total. The number of imidazole rings is 1. The van der Waals surface area contributed by atoms with Crippen LogP contribution in [-0.2, 0) is 0 Å². The molecular weight excluding hydrogens is 371 g/mol. The van der Waals surface area contributed by atoms with E-state index in [0.29, 0.717) is 5.02 Å². The SMILES string of the molecule is Cc1cc(-n2c(C(C)Cl)nc3c(Cl)cccc32)ccc1Br. The largest absolute Gasteiger partial charge is 0.295 e. The smallest absolute Gasteiger partial charge is 0.132 e. The fraction of sp³-hybridized carbons (Fsp3) is 0.188. The Morgan fingerprint density at radius 1 is 1.24 bits per heavy atom. The molecule has 0 aliphatic carbocycles. The van der Waals surface area contributed by atoms with Crippen LogP contribution in [-0.4, -0.2) is 9.55 Å². The second kappa shape index (κ2) is 5.64. The highest BCUT2D eigenvalue weighted by Gasteiger charge is 2.18. The predicted octanol–water partition coefficient (Wildman–Crippen LogP) is 6.05. The highest BCUT2D eigenvalue weighted by molar-refractivity contribution is 9.10. The summed E-state index contributed by atoms with van der Waals surface area (Å²) >= 11 is 16.1. The van der Waals surface area contributed by atoms with Crippen LogP contribution < -0.4 is 0 Å². The summed E-state index contributed by atoms with van der Waals surface area (Å²) in [4.78, 5) is 4.63. The third-order valence-electron chi connectivity index (χ3n) is 3.42. The molecule has 0 saturated heterocycles. The van der Waals surface area contributed by atoms with E-state index in [1.165, 1.54) is 0 Å². The lowest BCUT2D eigenvalue weighted by Crippen LogP contribution is -2.02. The number of hydrogen-bond acceptors (Lipinski definition) is 1. The molecular formula is C16H13BrCl2N2. The minimum absolute atomic E-state index is 0.211. The van der Waals surface area contributed by atoms with Crippen molar-refractivity contribution in [2.75, 3.05) is 0 Å². The first-order valence-electron chi connectivity index (χ1n) is 6.56. The number of fused-ring (bicyclic) bond motifs is 1. The number of halogens is 3. The zero-order chi connectivity index (χ0) is 15.1. The minimum atomic E-state index is -0.211. The van der Waals surface area contributed by atoms with Crippen molar-refractivity contribution in [3.05, 3.63) is 57.3 Å². The highest BCUT2D eigenvalue weighted by atomic mass is 79.9. The Bertz CT molecular complexity index is 825. The summed E-state index contributed by atoms with van der Waals surface area (Å²) in [5.41, 5.74) is 3.93. The highest BCUT2D eigenvalue weighted by Crippen LogP contribution is 2.32. The number of aromatic nitrogens is 2. The van der Waals surface area contributed by atoms with E-state index in [1.807, 2.05) is 37.3 Å². The van der Waals surface area contributed by atoms with Crippen molar-refractivity contribution in [1.29, 1.82) is 0 Å². The predicted molar refractivity (Wildman–Crippen MR) is 92.8 cm³/mol. The third kappa shape index (κ3) is 2.59. The molecule has 5 heteroatoms. The van der Waals surface area contributed by atoms with E-state index in [0.717, 1.165) is 32.6 Å². The maximum Gasteiger partial charge on any atom is 0.132 e. The summed E-state index contributed by atoms with van der Waals surface area (Å²) < 4.78 is 3.15. The maximum absolute atomic E-state index is 6.32. The number of hydrogen-bond donors (Lipinski definition) is 0. The fourth-order valence-electron chi connectivity index (χ4n) is 2.39. The van der Waals surface area contributed by atoms with Gasteiger partial charge in [0.15, 0.2) is 0 Å². The molecule has 1 atom stereocenters. The first-order chi connectivity index (χ1) is 9.99. The average Bonchev–Trinajstić information content (AvgIpc) is 2.83. The van der Waals surface area contributed by atoms with Crippen LogP contribution in [0.25, 0.3) is 16.7 Å². The van der Waals surface area contributed by atoms with Crippen molar-refractivity contribution >= 4 is 50.2 Å². The molecule has 1 unspecified atom stereocenters. The molecule has 0 aliphatic heterocycles. The number of nitrogens with zero attached hydrogens (tertiary/aromatic N) is 2. The van der Waals surface area contributed by atoms with E-state index in [2.05, 4.69) is 38.5 Å². The van der Waals surface area contributed by atoms with E-state index >= 15 is 0 Å². The van der Waals surface area contributed by atoms with Gasteiger partial charge in [0.1, 0.15) is 11.3 Å². The van der Waals surface area contributed by atoms with Gasteiger partial charge in [-0.2, -0.15) is 0 Å². The van der Waals surface area contributed by atoms with Gasteiger partial charge < -0.3 is 0 Å². The molecule has 0 N–H and O–H groups in total. The Kier molecular flexibility index (Phi) is 4.00. The van der Waals surface area contributed by atoms with Gasteiger partial charge in [-0.1, -0.05) is 33.6 Å². The lowest BCUT2D eigenvalue weighted by atomic mass is 10.2. The summed E-state index contributed by atoms with van der Waals surface area (Å²) in [5.74, 6) is 0.793. The van der Waals surface area contributed by atoms with E-state index < -0.39 is 0 Å². The molecule has 21 heavy (non-hydrogen) atoms. The monoisotopic (exact) mass is 382 g/mol. The van der Waals surface area contributed by atoms with Gasteiger partial charge in [0, 0.05) is 10.2 Å². The molecule has 108 valence electrons. The number of rotatable bonds is 2. The van der Waals surface area contributed by atoms with Gasteiger partial charge in [0.25, 0.3) is 0 Å². The van der Waals surface area contributed by atoms with E-state index in [1.54, 1.807) is 0 Å². The van der Waals surface area contributed by atoms with Gasteiger partial charge in [-0.3, -0.25) is 4.57 Å². The Labute approximate surface area is 141 Å². The number of aryl methyl sites for hydroxylation is 1. The molecule has 0 amide bonds. The molecule has 2 aromatic carbocycles. The van der Waals surface area contributed by atoms with Gasteiger partial charge in [-0.25, -0.2) is 4.98 Å². The van der Waals surface area contributed by atoms with Crippen molar-refractivity contribution in [2.45, 2.75) is 19.2 Å². The third-order valence-corrected chi connectivity index (χ3v) is 4.81. The van der Waals surface area contributed by atoms with E-state index in [-0.39, 0.29) is 5.38 Å². The van der Waals surface area contributed by atoms with Crippen LogP contribution in [0.3, 0.4) is 0 Å². The topological polar surface area (TPSA) is 17.8 Å². The molecule has 0 saturated carbocycles. The van der Waals surface area contributed by atoms with Gasteiger partial charge in [-0.15, -0.1) is 11.6 Å². The van der Waals surface area contributed by atoms with Crippen molar-refractivity contribution in [2.24, 2.45) is 0 Å². The lowest BCUT2D eigenvalue weighted by Gasteiger charge is -2.12. The number of para-hydroxylation sites is 1. The lowest BCUT2D eigenvalue weighted by molar-refractivity contribution is 0.881. The maximum atomic E-state index is 6.32. The summed E-state index contributed by atoms with van der Waals surface area (Å²) in [6.07, 6.45) is 0. The molecule has 1 aromatic heterocycles. The summed E-state index contributed by atoms with van der Waals surface area (Å²) in [5, 5.41) is 0.427. The van der Waals surface area contributed by atoms with Crippen LogP contribution >= 0.6 is 39.1 Å². The first-order valence-corrected chi connectivity index (χ1v) is 8.17. The first kappa shape index (κ1) is 14.9. The molecule has 3 aromatic rings. The number of alkyl halides is 1. The van der Waals surface area contributed by atoms with Gasteiger partial charge in [-0.05, 0) is 49.7 Å². The Morgan fingerprint density at radius 3 is 2.67 bits per heavy atom. The molecule has 0 aliphatic rings. The zero-order valence-electron chi connectivity index (χ0n) is 11.6. The zero-order valence-corrected chi connectivity index (χ0v) is 14.7. The van der Waals surface area contributed by atoms with Crippen molar-refractivity contribution in [3.8, 4) is 5.69 Å². The van der Waals surface area contributed by atoms with E-state index in [9.17, 15) is 0 Å². The average molecular weight is 384 g/mol. The minimum Gasteiger partial charge on any atom is -0.295 e. The molecule has 1 heterocycles. The Hall–Kier alpha value is -1.03. The number of benzene rings is 2. The van der Waals surface area contributed by atoms with Gasteiger partial charge in [0.2, 0.25) is 0 Å². The van der Waals surface area contributed by atoms with Crippen LogP contribution in [0.5, 0.6) is 0 Å². The van der Waals surface area contributed by atoms with Crippen LogP contribution in [0.1, 0.15) is 23.7 Å². The second-order valence-corrected chi connectivity index (χ2v) is 6.88. The molecule has 0 fully saturated rings. The summed E-state index contributed by atoms with van der Waals surface area (Å²) in [7, 11) is 0. The van der Waals surface area contributed by atoms with Gasteiger partial charge >= 0.3 is 0 Å². The van der Waals surface area contributed by atoms with Crippen molar-refractivity contribution < 1.29 is 0 Å².